The zero-order valence-electron chi connectivity index (χ0n) is 15.9. The summed E-state index contributed by atoms with van der Waals surface area (Å²) in [4.78, 5) is 16.7. The third kappa shape index (κ3) is 4.13. The number of nitrogens with zero attached hydrogens (tertiary/aromatic N) is 3. The number of aromatic nitrogens is 2. The van der Waals surface area contributed by atoms with Crippen LogP contribution in [0.15, 0.2) is 72.1 Å². The van der Waals surface area contributed by atoms with Gasteiger partial charge in [0.05, 0.1) is 17.3 Å². The highest BCUT2D eigenvalue weighted by Gasteiger charge is 2.18. The van der Waals surface area contributed by atoms with Gasteiger partial charge in [0.25, 0.3) is 5.91 Å². The number of benzene rings is 2. The van der Waals surface area contributed by atoms with E-state index in [0.29, 0.717) is 5.56 Å². The summed E-state index contributed by atoms with van der Waals surface area (Å²) in [5.41, 5.74) is 2.35. The molecule has 0 radical (unpaired) electrons. The van der Waals surface area contributed by atoms with Gasteiger partial charge in [-0.15, -0.1) is 0 Å². The molecule has 1 amide bonds. The number of hydrogen-bond acceptors (Lipinski definition) is 4. The predicted octanol–water partition coefficient (Wildman–Crippen LogP) is 2.61. The van der Waals surface area contributed by atoms with Crippen LogP contribution in [0.2, 0.25) is 0 Å². The lowest BCUT2D eigenvalue weighted by molar-refractivity contribution is 0.0940. The number of nitrogens with one attached hydrogen (secondary N) is 1. The fourth-order valence-electron chi connectivity index (χ4n) is 2.70. The Bertz CT molecular complexity index is 1040. The maximum atomic E-state index is 12.5. The first-order valence-electron chi connectivity index (χ1n) is 8.71. The van der Waals surface area contributed by atoms with Crippen LogP contribution in [-0.2, 0) is 10.0 Å². The number of rotatable bonds is 6. The molecule has 0 saturated heterocycles. The average molecular weight is 398 g/mol. The molecule has 1 N–H and O–H groups in total. The molecule has 3 aromatic rings. The fraction of sp³-hybridized carbons (Fsp3) is 0.200. The topological polar surface area (TPSA) is 84.3 Å². The second kappa shape index (κ2) is 7.95. The lowest BCUT2D eigenvalue weighted by Gasteiger charge is -2.16. The lowest BCUT2D eigenvalue weighted by atomic mass is 10.1. The minimum absolute atomic E-state index is 0.150. The van der Waals surface area contributed by atoms with Gasteiger partial charge in [0.1, 0.15) is 0 Å². The molecule has 1 heterocycles. The summed E-state index contributed by atoms with van der Waals surface area (Å²) in [6.07, 6.45) is 5.30. The van der Waals surface area contributed by atoms with Crippen LogP contribution in [0.5, 0.6) is 0 Å². The van der Waals surface area contributed by atoms with Gasteiger partial charge in [0.2, 0.25) is 10.0 Å². The molecule has 0 saturated carbocycles. The Morgan fingerprint density at radius 2 is 1.71 bits per heavy atom. The molecule has 3 rings (SSSR count). The van der Waals surface area contributed by atoms with Crippen LogP contribution in [0.4, 0.5) is 0 Å². The second-order valence-corrected chi connectivity index (χ2v) is 8.72. The van der Waals surface area contributed by atoms with E-state index in [1.54, 1.807) is 12.5 Å². The van der Waals surface area contributed by atoms with Crippen LogP contribution in [-0.4, -0.2) is 42.3 Å². The van der Waals surface area contributed by atoms with Crippen LogP contribution >= 0.6 is 0 Å². The Morgan fingerprint density at radius 1 is 1.07 bits per heavy atom. The van der Waals surface area contributed by atoms with Crippen molar-refractivity contribution in [3.63, 3.8) is 0 Å². The Balaban J connectivity index is 1.69. The largest absolute Gasteiger partial charge is 0.346 e. The quantitative estimate of drug-likeness (QED) is 0.692. The molecule has 2 aromatic carbocycles. The Kier molecular flexibility index (Phi) is 5.62. The van der Waals surface area contributed by atoms with E-state index in [9.17, 15) is 13.2 Å². The lowest BCUT2D eigenvalue weighted by Crippen LogP contribution is -2.27. The zero-order valence-corrected chi connectivity index (χ0v) is 16.7. The second-order valence-electron chi connectivity index (χ2n) is 6.57. The van der Waals surface area contributed by atoms with Gasteiger partial charge < -0.3 is 9.88 Å². The van der Waals surface area contributed by atoms with Crippen LogP contribution in [0, 0.1) is 0 Å². The maximum Gasteiger partial charge on any atom is 0.251 e. The average Bonchev–Trinajstić information content (AvgIpc) is 3.23. The molecule has 0 aliphatic carbocycles. The molecular weight excluding hydrogens is 376 g/mol. The molecule has 1 aromatic heterocycles. The molecule has 0 aliphatic rings. The molecule has 7 nitrogen and oxygen atoms in total. The van der Waals surface area contributed by atoms with Crippen molar-refractivity contribution in [3.8, 4) is 5.69 Å². The van der Waals surface area contributed by atoms with Crippen LogP contribution in [0.1, 0.15) is 28.9 Å². The summed E-state index contributed by atoms with van der Waals surface area (Å²) in [6.45, 7) is 1.90. The molecule has 0 spiro atoms. The highest BCUT2D eigenvalue weighted by Crippen LogP contribution is 2.18. The Labute approximate surface area is 164 Å². The summed E-state index contributed by atoms with van der Waals surface area (Å²) in [5.74, 6) is -0.264. The molecule has 0 bridgehead atoms. The highest BCUT2D eigenvalue weighted by molar-refractivity contribution is 7.89. The van der Waals surface area contributed by atoms with Gasteiger partial charge in [0, 0.05) is 37.7 Å². The van der Waals surface area contributed by atoms with E-state index >= 15 is 0 Å². The highest BCUT2D eigenvalue weighted by atomic mass is 32.2. The van der Waals surface area contributed by atoms with Crippen LogP contribution < -0.4 is 5.32 Å². The van der Waals surface area contributed by atoms with Crippen LogP contribution in [0.25, 0.3) is 5.69 Å². The number of imidazole rings is 1. The summed E-state index contributed by atoms with van der Waals surface area (Å²) in [6, 6.07) is 13.5. The van der Waals surface area contributed by atoms with Crippen molar-refractivity contribution in [2.24, 2.45) is 0 Å². The summed E-state index contributed by atoms with van der Waals surface area (Å²) in [5, 5.41) is 2.93. The number of carbonyl (C=O) groups excluding carboxylic acids is 1. The van der Waals surface area contributed by atoms with Crippen molar-refractivity contribution in [1.29, 1.82) is 0 Å². The SMILES string of the molecule is C[C@@H](NC(=O)c1ccc(S(=O)(=O)N(C)C)cc1)c1ccc(-n2ccnc2)cc1. The summed E-state index contributed by atoms with van der Waals surface area (Å²) < 4.78 is 27.3. The number of hydrogen-bond donors (Lipinski definition) is 1. The predicted molar refractivity (Wildman–Crippen MR) is 107 cm³/mol. The van der Waals surface area contributed by atoms with Gasteiger partial charge in [0.15, 0.2) is 0 Å². The third-order valence-corrected chi connectivity index (χ3v) is 6.27. The van der Waals surface area contributed by atoms with Crippen molar-refractivity contribution in [3.05, 3.63) is 78.4 Å². The molecule has 28 heavy (non-hydrogen) atoms. The first kappa shape index (κ1) is 19.8. The molecule has 0 aliphatic heterocycles. The summed E-state index contributed by atoms with van der Waals surface area (Å²) in [7, 11) is -0.577. The van der Waals surface area contributed by atoms with E-state index in [0.717, 1.165) is 15.6 Å². The first-order valence-corrected chi connectivity index (χ1v) is 10.1. The molecule has 0 fully saturated rings. The zero-order chi connectivity index (χ0) is 20.3. The molecule has 146 valence electrons. The van der Waals surface area contributed by atoms with Crippen molar-refractivity contribution >= 4 is 15.9 Å². The molecule has 1 atom stereocenters. The van der Waals surface area contributed by atoms with Gasteiger partial charge in [-0.25, -0.2) is 17.7 Å². The van der Waals surface area contributed by atoms with Gasteiger partial charge in [-0.05, 0) is 48.9 Å². The number of amides is 1. The smallest absolute Gasteiger partial charge is 0.251 e. The maximum absolute atomic E-state index is 12.5. The Morgan fingerprint density at radius 3 is 2.25 bits per heavy atom. The third-order valence-electron chi connectivity index (χ3n) is 4.44. The Hall–Kier alpha value is -2.97. The number of carbonyl (C=O) groups is 1. The van der Waals surface area contributed by atoms with Gasteiger partial charge in [-0.1, -0.05) is 12.1 Å². The van der Waals surface area contributed by atoms with E-state index in [4.69, 9.17) is 0 Å². The van der Waals surface area contributed by atoms with Crippen molar-refractivity contribution < 1.29 is 13.2 Å². The van der Waals surface area contributed by atoms with Crippen molar-refractivity contribution in [2.75, 3.05) is 14.1 Å². The minimum Gasteiger partial charge on any atom is -0.346 e. The van der Waals surface area contributed by atoms with E-state index in [1.165, 1.54) is 38.4 Å². The van der Waals surface area contributed by atoms with E-state index in [-0.39, 0.29) is 16.8 Å². The van der Waals surface area contributed by atoms with Crippen molar-refractivity contribution in [1.82, 2.24) is 19.2 Å². The van der Waals surface area contributed by atoms with Crippen molar-refractivity contribution in [2.45, 2.75) is 17.9 Å². The molecule has 0 unspecified atom stereocenters. The standard InChI is InChI=1S/C20H22N4O3S/c1-15(16-4-8-18(9-5-16)24-13-12-21-14-24)22-20(25)17-6-10-19(11-7-17)28(26,27)23(2)3/h4-15H,1-3H3,(H,22,25)/t15-/m1/s1. The van der Waals surface area contributed by atoms with E-state index in [1.807, 2.05) is 42.0 Å². The number of sulfonamides is 1. The first-order chi connectivity index (χ1) is 13.3. The normalized spacial score (nSPS) is 12.7. The van der Waals surface area contributed by atoms with Crippen LogP contribution in [0.3, 0.4) is 0 Å². The summed E-state index contributed by atoms with van der Waals surface area (Å²) >= 11 is 0. The van der Waals surface area contributed by atoms with Gasteiger partial charge in [-0.2, -0.15) is 0 Å². The fourth-order valence-corrected chi connectivity index (χ4v) is 3.60. The van der Waals surface area contributed by atoms with E-state index < -0.39 is 10.0 Å². The molecular formula is C20H22N4O3S. The van der Waals surface area contributed by atoms with E-state index in [2.05, 4.69) is 10.3 Å². The minimum atomic E-state index is -3.51. The van der Waals surface area contributed by atoms with Gasteiger partial charge in [-0.3, -0.25) is 4.79 Å². The van der Waals surface area contributed by atoms with Gasteiger partial charge >= 0.3 is 0 Å². The molecule has 8 heteroatoms. The monoisotopic (exact) mass is 398 g/mol.